The molecule has 1 unspecified atom stereocenters. The third-order valence-electron chi connectivity index (χ3n) is 2.73. The summed E-state index contributed by atoms with van der Waals surface area (Å²) in [5, 5.41) is 0. The van der Waals surface area contributed by atoms with Gasteiger partial charge in [-0.3, -0.25) is 0 Å². The van der Waals surface area contributed by atoms with Gasteiger partial charge >= 0.3 is 0 Å². The van der Waals surface area contributed by atoms with Crippen LogP contribution in [0.2, 0.25) is 0 Å². The Morgan fingerprint density at radius 2 is 2.19 bits per heavy atom. The summed E-state index contributed by atoms with van der Waals surface area (Å²) in [6.07, 6.45) is 0. The lowest BCUT2D eigenvalue weighted by Crippen LogP contribution is -2.33. The Hall–Kier alpha value is -1.09. The third-order valence-corrected chi connectivity index (χ3v) is 3.13. The summed E-state index contributed by atoms with van der Waals surface area (Å²) in [5.74, 6) is 0.246. The van der Waals surface area contributed by atoms with Crippen LogP contribution in [0.15, 0.2) is 24.3 Å². The first-order valence-electron chi connectivity index (χ1n) is 5.65. The molecule has 1 atom stereocenters. The zero-order chi connectivity index (χ0) is 12.1. The topological polar surface area (TPSA) is 29.3 Å². The van der Waals surface area contributed by atoms with Crippen LogP contribution in [0.4, 0.5) is 5.69 Å². The van der Waals surface area contributed by atoms with Gasteiger partial charge in [-0.2, -0.15) is 0 Å². The quantitative estimate of drug-likeness (QED) is 0.797. The van der Waals surface area contributed by atoms with Gasteiger partial charge in [0.05, 0.1) is 4.99 Å². The third kappa shape index (κ3) is 3.49. The predicted molar refractivity (Wildman–Crippen MR) is 75.0 cm³/mol. The summed E-state index contributed by atoms with van der Waals surface area (Å²) < 4.78 is 0. The molecule has 0 bridgehead atoms. The van der Waals surface area contributed by atoms with Crippen molar-refractivity contribution in [1.29, 1.82) is 0 Å². The zero-order valence-electron chi connectivity index (χ0n) is 10.2. The Morgan fingerprint density at radius 1 is 1.50 bits per heavy atom. The summed E-state index contributed by atoms with van der Waals surface area (Å²) in [6.45, 7) is 8.18. The molecule has 0 aliphatic heterocycles. The highest BCUT2D eigenvalue weighted by atomic mass is 32.1. The van der Waals surface area contributed by atoms with E-state index in [0.29, 0.717) is 4.99 Å². The van der Waals surface area contributed by atoms with Crippen molar-refractivity contribution in [3.63, 3.8) is 0 Å². The van der Waals surface area contributed by atoms with Crippen molar-refractivity contribution in [2.45, 2.75) is 20.8 Å². The van der Waals surface area contributed by atoms with Crippen molar-refractivity contribution in [1.82, 2.24) is 0 Å². The Bertz CT molecular complexity index is 363. The summed E-state index contributed by atoms with van der Waals surface area (Å²) in [6, 6.07) is 8.51. The fourth-order valence-electron chi connectivity index (χ4n) is 1.66. The van der Waals surface area contributed by atoms with Gasteiger partial charge in [0, 0.05) is 24.7 Å². The molecule has 0 aromatic heterocycles. The molecule has 0 aliphatic carbocycles. The normalized spacial score (nSPS) is 12.2. The standard InChI is InChI=1S/C13H20N2S/c1-4-15(9-11(3)13(14)16)12-7-5-6-10(2)8-12/h5-8,11H,4,9H2,1-3H3,(H2,14,16). The van der Waals surface area contributed by atoms with E-state index in [1.807, 2.05) is 0 Å². The molecule has 0 aliphatic rings. The van der Waals surface area contributed by atoms with Crippen molar-refractivity contribution >= 4 is 22.9 Å². The summed E-state index contributed by atoms with van der Waals surface area (Å²) >= 11 is 5.01. The lowest BCUT2D eigenvalue weighted by molar-refractivity contribution is 0.707. The molecule has 0 heterocycles. The average Bonchev–Trinajstić information content (AvgIpc) is 2.25. The second-order valence-corrected chi connectivity index (χ2v) is 4.65. The van der Waals surface area contributed by atoms with E-state index in [4.69, 9.17) is 18.0 Å². The van der Waals surface area contributed by atoms with E-state index in [2.05, 4.69) is 49.9 Å². The van der Waals surface area contributed by atoms with Gasteiger partial charge in [0.1, 0.15) is 0 Å². The molecule has 0 fully saturated rings. The van der Waals surface area contributed by atoms with Crippen LogP contribution in [0, 0.1) is 12.8 Å². The Balaban J connectivity index is 2.78. The van der Waals surface area contributed by atoms with E-state index in [1.165, 1.54) is 11.3 Å². The molecule has 0 radical (unpaired) electrons. The van der Waals surface area contributed by atoms with Crippen molar-refractivity contribution in [2.75, 3.05) is 18.0 Å². The fourth-order valence-corrected chi connectivity index (χ4v) is 1.74. The molecule has 0 amide bonds. The molecule has 1 aromatic rings. The zero-order valence-corrected chi connectivity index (χ0v) is 11.1. The van der Waals surface area contributed by atoms with E-state index in [0.717, 1.165) is 13.1 Å². The van der Waals surface area contributed by atoms with Crippen molar-refractivity contribution < 1.29 is 0 Å². The van der Waals surface area contributed by atoms with Gasteiger partial charge in [0.15, 0.2) is 0 Å². The number of anilines is 1. The lowest BCUT2D eigenvalue weighted by Gasteiger charge is -2.26. The van der Waals surface area contributed by atoms with Crippen LogP contribution in [-0.4, -0.2) is 18.1 Å². The number of hydrogen-bond donors (Lipinski definition) is 1. The van der Waals surface area contributed by atoms with Gasteiger partial charge in [0.25, 0.3) is 0 Å². The maximum atomic E-state index is 5.65. The molecular weight excluding hydrogens is 216 g/mol. The molecule has 1 rings (SSSR count). The Labute approximate surface area is 103 Å². The minimum Gasteiger partial charge on any atom is -0.393 e. The van der Waals surface area contributed by atoms with Crippen LogP contribution in [0.5, 0.6) is 0 Å². The molecule has 0 saturated heterocycles. The smallest absolute Gasteiger partial charge is 0.0773 e. The first-order valence-corrected chi connectivity index (χ1v) is 6.06. The van der Waals surface area contributed by atoms with Crippen LogP contribution < -0.4 is 10.6 Å². The first-order chi connectivity index (χ1) is 7.54. The number of nitrogens with two attached hydrogens (primary N) is 1. The van der Waals surface area contributed by atoms with Crippen LogP contribution in [0.25, 0.3) is 0 Å². The van der Waals surface area contributed by atoms with Crippen molar-refractivity contribution in [3.8, 4) is 0 Å². The summed E-state index contributed by atoms with van der Waals surface area (Å²) in [7, 11) is 0. The number of benzene rings is 1. The number of rotatable bonds is 5. The van der Waals surface area contributed by atoms with E-state index in [-0.39, 0.29) is 5.92 Å². The van der Waals surface area contributed by atoms with Gasteiger partial charge < -0.3 is 10.6 Å². The predicted octanol–water partition coefficient (Wildman–Crippen LogP) is 2.74. The largest absolute Gasteiger partial charge is 0.393 e. The molecule has 88 valence electrons. The SMILES string of the molecule is CCN(CC(C)C(N)=S)c1cccc(C)c1. The van der Waals surface area contributed by atoms with Crippen molar-refractivity contribution in [3.05, 3.63) is 29.8 Å². The molecule has 0 spiro atoms. The monoisotopic (exact) mass is 236 g/mol. The van der Waals surface area contributed by atoms with E-state index >= 15 is 0 Å². The molecule has 2 nitrogen and oxygen atoms in total. The first kappa shape index (κ1) is 13.0. The molecule has 2 N–H and O–H groups in total. The second kappa shape index (κ2) is 5.85. The van der Waals surface area contributed by atoms with Crippen LogP contribution in [0.1, 0.15) is 19.4 Å². The van der Waals surface area contributed by atoms with E-state index in [1.54, 1.807) is 0 Å². The summed E-state index contributed by atoms with van der Waals surface area (Å²) in [4.78, 5) is 2.89. The second-order valence-electron chi connectivity index (χ2n) is 4.18. The van der Waals surface area contributed by atoms with Gasteiger partial charge in [-0.25, -0.2) is 0 Å². The lowest BCUT2D eigenvalue weighted by atomic mass is 10.1. The molecular formula is C13H20N2S. The molecule has 0 saturated carbocycles. The molecule has 16 heavy (non-hydrogen) atoms. The minimum atomic E-state index is 0.246. The van der Waals surface area contributed by atoms with Crippen LogP contribution >= 0.6 is 12.2 Å². The highest BCUT2D eigenvalue weighted by Gasteiger charge is 2.11. The van der Waals surface area contributed by atoms with Gasteiger partial charge in [0.2, 0.25) is 0 Å². The number of hydrogen-bond acceptors (Lipinski definition) is 2. The van der Waals surface area contributed by atoms with Gasteiger partial charge in [-0.1, -0.05) is 31.3 Å². The van der Waals surface area contributed by atoms with Crippen LogP contribution in [-0.2, 0) is 0 Å². The van der Waals surface area contributed by atoms with Crippen LogP contribution in [0.3, 0.4) is 0 Å². The van der Waals surface area contributed by atoms with Crippen molar-refractivity contribution in [2.24, 2.45) is 11.7 Å². The molecule has 3 heteroatoms. The maximum absolute atomic E-state index is 5.65. The highest BCUT2D eigenvalue weighted by Crippen LogP contribution is 2.17. The molecule has 1 aromatic carbocycles. The maximum Gasteiger partial charge on any atom is 0.0773 e. The number of thiocarbonyl (C=S) groups is 1. The highest BCUT2D eigenvalue weighted by molar-refractivity contribution is 7.80. The Morgan fingerprint density at radius 3 is 2.69 bits per heavy atom. The Kier molecular flexibility index (Phi) is 4.74. The number of aryl methyl sites for hydroxylation is 1. The van der Waals surface area contributed by atoms with E-state index in [9.17, 15) is 0 Å². The average molecular weight is 236 g/mol. The van der Waals surface area contributed by atoms with Gasteiger partial charge in [-0.05, 0) is 31.5 Å². The number of nitrogens with zero attached hydrogens (tertiary/aromatic N) is 1. The minimum absolute atomic E-state index is 0.246. The fraction of sp³-hybridized carbons (Fsp3) is 0.462. The summed E-state index contributed by atoms with van der Waals surface area (Å²) in [5.41, 5.74) is 8.17. The van der Waals surface area contributed by atoms with Gasteiger partial charge in [-0.15, -0.1) is 0 Å². The van der Waals surface area contributed by atoms with E-state index < -0.39 is 0 Å².